The smallest absolute Gasteiger partial charge is 0.232 e. The summed E-state index contributed by atoms with van der Waals surface area (Å²) in [5.41, 5.74) is 4.92. The van der Waals surface area contributed by atoms with Crippen molar-refractivity contribution in [3.63, 3.8) is 0 Å². The lowest BCUT2D eigenvalue weighted by Crippen LogP contribution is -2.30. The van der Waals surface area contributed by atoms with E-state index in [1.807, 2.05) is 13.0 Å². The molecule has 0 bridgehead atoms. The minimum atomic E-state index is -0.623. The normalized spacial score (nSPS) is 10.0. The first-order valence-electron chi connectivity index (χ1n) is 4.56. The highest BCUT2D eigenvalue weighted by molar-refractivity contribution is 5.95. The second-order valence-electron chi connectivity index (χ2n) is 3.41. The molecule has 1 aromatic heterocycles. The lowest BCUT2D eigenvalue weighted by Gasteiger charge is -2.14. The molecule has 0 aliphatic rings. The van der Waals surface area contributed by atoms with Crippen LogP contribution in [0.5, 0.6) is 0 Å². The van der Waals surface area contributed by atoms with E-state index >= 15 is 0 Å². The minimum Gasteiger partial charge on any atom is -0.464 e. The molecule has 0 aliphatic heterocycles. The molecule has 0 saturated carbocycles. The molecule has 1 rings (SSSR count). The van der Waals surface area contributed by atoms with Gasteiger partial charge >= 0.3 is 0 Å². The van der Waals surface area contributed by atoms with Crippen LogP contribution in [-0.2, 0) is 16.1 Å². The predicted octanol–water partition coefficient (Wildman–Crippen LogP) is 0.422. The van der Waals surface area contributed by atoms with Gasteiger partial charge in [0.1, 0.15) is 17.9 Å². The summed E-state index contributed by atoms with van der Waals surface area (Å²) in [7, 11) is 1.60. The highest BCUT2D eigenvalue weighted by atomic mass is 16.3. The third kappa shape index (κ3) is 3.46. The molecule has 0 aliphatic carbocycles. The van der Waals surface area contributed by atoms with Gasteiger partial charge in [-0.3, -0.25) is 9.59 Å². The summed E-state index contributed by atoms with van der Waals surface area (Å²) in [6, 6.07) is 3.62. The molecular weight excluding hydrogens is 196 g/mol. The Morgan fingerprint density at radius 3 is 2.60 bits per heavy atom. The molecule has 15 heavy (non-hydrogen) atoms. The van der Waals surface area contributed by atoms with E-state index in [9.17, 15) is 9.59 Å². The number of hydrogen-bond acceptors (Lipinski definition) is 3. The SMILES string of the molecule is Cc1ccc(CN(C)C(=O)CC(N)=O)o1. The molecule has 0 radical (unpaired) electrons. The largest absolute Gasteiger partial charge is 0.464 e. The van der Waals surface area contributed by atoms with Gasteiger partial charge in [-0.1, -0.05) is 0 Å². The summed E-state index contributed by atoms with van der Waals surface area (Å²) < 4.78 is 5.30. The number of amides is 2. The van der Waals surface area contributed by atoms with Crippen LogP contribution in [0.4, 0.5) is 0 Å². The predicted molar refractivity (Wildman–Crippen MR) is 53.7 cm³/mol. The number of carbonyl (C=O) groups excluding carboxylic acids is 2. The molecule has 1 aromatic rings. The van der Waals surface area contributed by atoms with E-state index < -0.39 is 5.91 Å². The van der Waals surface area contributed by atoms with Crippen LogP contribution in [0.1, 0.15) is 17.9 Å². The third-order valence-corrected chi connectivity index (χ3v) is 1.94. The van der Waals surface area contributed by atoms with Crippen molar-refractivity contribution in [1.82, 2.24) is 4.90 Å². The van der Waals surface area contributed by atoms with Crippen LogP contribution >= 0.6 is 0 Å². The molecule has 2 N–H and O–H groups in total. The van der Waals surface area contributed by atoms with Crippen LogP contribution in [0.2, 0.25) is 0 Å². The van der Waals surface area contributed by atoms with Gasteiger partial charge in [0.15, 0.2) is 0 Å². The Hall–Kier alpha value is -1.78. The number of nitrogens with two attached hydrogens (primary N) is 1. The molecule has 0 atom stereocenters. The van der Waals surface area contributed by atoms with Gasteiger partial charge in [0.05, 0.1) is 6.54 Å². The van der Waals surface area contributed by atoms with E-state index in [4.69, 9.17) is 10.2 Å². The minimum absolute atomic E-state index is 0.268. The number of furan rings is 1. The van der Waals surface area contributed by atoms with E-state index in [0.717, 1.165) is 5.76 Å². The molecule has 1 heterocycles. The Morgan fingerprint density at radius 1 is 1.47 bits per heavy atom. The van der Waals surface area contributed by atoms with Crippen LogP contribution in [0.3, 0.4) is 0 Å². The first kappa shape index (κ1) is 11.3. The first-order valence-corrected chi connectivity index (χ1v) is 4.56. The molecule has 0 fully saturated rings. The van der Waals surface area contributed by atoms with E-state index in [-0.39, 0.29) is 12.3 Å². The van der Waals surface area contributed by atoms with Gasteiger partial charge in [-0.2, -0.15) is 0 Å². The number of carbonyl (C=O) groups is 2. The van der Waals surface area contributed by atoms with Crippen LogP contribution in [0.15, 0.2) is 16.5 Å². The van der Waals surface area contributed by atoms with E-state index in [0.29, 0.717) is 12.3 Å². The van der Waals surface area contributed by atoms with Crippen molar-refractivity contribution in [2.45, 2.75) is 19.9 Å². The number of rotatable bonds is 4. The molecule has 2 amide bonds. The van der Waals surface area contributed by atoms with E-state index in [2.05, 4.69) is 0 Å². The van der Waals surface area contributed by atoms with Crippen LogP contribution in [0.25, 0.3) is 0 Å². The Morgan fingerprint density at radius 2 is 2.13 bits per heavy atom. The standard InChI is InChI=1S/C10H14N2O3/c1-7-3-4-8(15-7)6-12(2)10(14)5-9(11)13/h3-4H,5-6H2,1-2H3,(H2,11,13). The van der Waals surface area contributed by atoms with Gasteiger partial charge in [-0.25, -0.2) is 0 Å². The maximum absolute atomic E-state index is 11.3. The monoisotopic (exact) mass is 210 g/mol. The zero-order valence-electron chi connectivity index (χ0n) is 8.82. The summed E-state index contributed by atoms with van der Waals surface area (Å²) >= 11 is 0. The van der Waals surface area contributed by atoms with Crippen molar-refractivity contribution in [2.75, 3.05) is 7.05 Å². The summed E-state index contributed by atoms with van der Waals surface area (Å²) in [5.74, 6) is 0.549. The Balaban J connectivity index is 2.51. The van der Waals surface area contributed by atoms with Crippen LogP contribution in [0, 0.1) is 6.92 Å². The average Bonchev–Trinajstić information content (AvgIpc) is 2.50. The van der Waals surface area contributed by atoms with Gasteiger partial charge in [0, 0.05) is 7.05 Å². The molecule has 0 saturated heterocycles. The van der Waals surface area contributed by atoms with Crippen molar-refractivity contribution in [3.05, 3.63) is 23.7 Å². The fraction of sp³-hybridized carbons (Fsp3) is 0.400. The van der Waals surface area contributed by atoms with Crippen molar-refractivity contribution < 1.29 is 14.0 Å². The second kappa shape index (κ2) is 4.63. The van der Waals surface area contributed by atoms with Crippen molar-refractivity contribution in [2.24, 2.45) is 5.73 Å². The molecule has 5 heteroatoms. The van der Waals surface area contributed by atoms with Gasteiger partial charge in [0.2, 0.25) is 11.8 Å². The van der Waals surface area contributed by atoms with Crippen molar-refractivity contribution in [3.8, 4) is 0 Å². The molecular formula is C10H14N2O3. The van der Waals surface area contributed by atoms with Crippen LogP contribution in [-0.4, -0.2) is 23.8 Å². The molecule has 0 aromatic carbocycles. The maximum Gasteiger partial charge on any atom is 0.232 e. The number of primary amides is 1. The zero-order chi connectivity index (χ0) is 11.4. The lowest BCUT2D eigenvalue weighted by molar-refractivity contribution is -0.134. The second-order valence-corrected chi connectivity index (χ2v) is 3.41. The Labute approximate surface area is 87.8 Å². The lowest BCUT2D eigenvalue weighted by atomic mass is 10.3. The van der Waals surface area contributed by atoms with Gasteiger partial charge < -0.3 is 15.1 Å². The van der Waals surface area contributed by atoms with Crippen LogP contribution < -0.4 is 5.73 Å². The van der Waals surface area contributed by atoms with E-state index in [1.54, 1.807) is 13.1 Å². The number of hydrogen-bond donors (Lipinski definition) is 1. The molecule has 82 valence electrons. The third-order valence-electron chi connectivity index (χ3n) is 1.94. The molecule has 0 spiro atoms. The fourth-order valence-corrected chi connectivity index (χ4v) is 1.18. The molecule has 5 nitrogen and oxygen atoms in total. The van der Waals surface area contributed by atoms with Gasteiger partial charge in [0.25, 0.3) is 0 Å². The Bertz CT molecular complexity index is 370. The first-order chi connectivity index (χ1) is 6.99. The Kier molecular flexibility index (Phi) is 3.49. The van der Waals surface area contributed by atoms with Gasteiger partial charge in [-0.05, 0) is 19.1 Å². The number of aryl methyl sites for hydroxylation is 1. The van der Waals surface area contributed by atoms with Crippen molar-refractivity contribution >= 4 is 11.8 Å². The zero-order valence-corrected chi connectivity index (χ0v) is 8.82. The van der Waals surface area contributed by atoms with E-state index in [1.165, 1.54) is 4.90 Å². The molecule has 0 unspecified atom stereocenters. The topological polar surface area (TPSA) is 76.5 Å². The van der Waals surface area contributed by atoms with Gasteiger partial charge in [-0.15, -0.1) is 0 Å². The summed E-state index contributed by atoms with van der Waals surface area (Å²) in [6.07, 6.45) is -0.268. The summed E-state index contributed by atoms with van der Waals surface area (Å²) in [5, 5.41) is 0. The maximum atomic E-state index is 11.3. The average molecular weight is 210 g/mol. The number of nitrogens with zero attached hydrogens (tertiary/aromatic N) is 1. The van der Waals surface area contributed by atoms with Crippen molar-refractivity contribution in [1.29, 1.82) is 0 Å². The fourth-order valence-electron chi connectivity index (χ4n) is 1.18. The highest BCUT2D eigenvalue weighted by Gasteiger charge is 2.13. The highest BCUT2D eigenvalue weighted by Crippen LogP contribution is 2.08. The summed E-state index contributed by atoms with van der Waals surface area (Å²) in [4.78, 5) is 23.3. The summed E-state index contributed by atoms with van der Waals surface area (Å²) in [6.45, 7) is 2.18. The quantitative estimate of drug-likeness (QED) is 0.732.